The van der Waals surface area contributed by atoms with Gasteiger partial charge in [0.05, 0.1) is 18.0 Å². The van der Waals surface area contributed by atoms with Gasteiger partial charge in [0.25, 0.3) is 0 Å². The van der Waals surface area contributed by atoms with Crippen LogP contribution < -0.4 is 10.1 Å². The molecule has 1 aliphatic carbocycles. The van der Waals surface area contributed by atoms with Gasteiger partial charge in [-0.15, -0.1) is 0 Å². The first-order chi connectivity index (χ1) is 15.9. The van der Waals surface area contributed by atoms with E-state index in [1.807, 2.05) is 6.92 Å². The summed E-state index contributed by atoms with van der Waals surface area (Å²) in [6.45, 7) is 3.13. The minimum atomic E-state index is -3.51. The van der Waals surface area contributed by atoms with Crippen LogP contribution in [0.25, 0.3) is 0 Å². The van der Waals surface area contributed by atoms with Crippen LogP contribution in [0.1, 0.15) is 67.3 Å². The number of aryl methyl sites for hydroxylation is 3. The largest absolute Gasteiger partial charge is 0.496 e. The van der Waals surface area contributed by atoms with Crippen LogP contribution in [0.4, 0.5) is 0 Å². The van der Waals surface area contributed by atoms with Crippen molar-refractivity contribution in [2.45, 2.75) is 69.2 Å². The molecule has 4 rings (SSSR count). The number of carbonyl (C=O) groups excluding carboxylic acids is 1. The summed E-state index contributed by atoms with van der Waals surface area (Å²) in [6, 6.07) is 11.4. The molecule has 2 aromatic rings. The van der Waals surface area contributed by atoms with Crippen molar-refractivity contribution in [3.8, 4) is 5.75 Å². The molecule has 1 heterocycles. The number of ether oxygens (including phenoxy) is 1. The lowest BCUT2D eigenvalue weighted by atomic mass is 9.89. The number of amides is 1. The molecular weight excluding hydrogens is 436 g/mol. The van der Waals surface area contributed by atoms with Gasteiger partial charge in [-0.1, -0.05) is 18.2 Å². The fourth-order valence-corrected chi connectivity index (χ4v) is 6.42. The highest BCUT2D eigenvalue weighted by molar-refractivity contribution is 7.89. The number of benzene rings is 2. The Hall–Kier alpha value is -2.38. The van der Waals surface area contributed by atoms with Crippen molar-refractivity contribution >= 4 is 15.9 Å². The Balaban J connectivity index is 1.41. The first kappa shape index (κ1) is 23.8. The SMILES string of the molecule is COc1ccc(S(=O)(=O)N2CCCC2)cc1CCC(=O)N[C@H](C)c1ccc2c(c1)CCCC2. The van der Waals surface area contributed by atoms with Gasteiger partial charge in [0, 0.05) is 19.5 Å². The standard InChI is InChI=1S/C26H34N2O4S/c1-19(21-10-9-20-7-3-4-8-22(20)17-21)27-26(29)14-11-23-18-24(12-13-25(23)32-2)33(30,31)28-15-5-6-16-28/h9-10,12-13,17-19H,3-8,11,14-16H2,1-2H3,(H,27,29)/t19-/m1/s1. The average Bonchev–Trinajstić information content (AvgIpc) is 3.38. The molecule has 6 nitrogen and oxygen atoms in total. The predicted octanol–water partition coefficient (Wildman–Crippen LogP) is 4.17. The molecule has 1 aliphatic heterocycles. The third-order valence-corrected chi connectivity index (χ3v) is 8.72. The quantitative estimate of drug-likeness (QED) is 0.628. The second-order valence-corrected chi connectivity index (χ2v) is 11.0. The molecule has 0 radical (unpaired) electrons. The van der Waals surface area contributed by atoms with E-state index in [2.05, 4.69) is 23.5 Å². The number of methoxy groups -OCH3 is 1. The number of fused-ring (bicyclic) bond motifs is 1. The van der Waals surface area contributed by atoms with Crippen molar-refractivity contribution in [3.63, 3.8) is 0 Å². The maximum atomic E-state index is 12.9. The first-order valence-electron chi connectivity index (χ1n) is 12.0. The number of sulfonamides is 1. The van der Waals surface area contributed by atoms with Gasteiger partial charge in [-0.2, -0.15) is 4.31 Å². The van der Waals surface area contributed by atoms with Crippen LogP contribution in [0, 0.1) is 0 Å². The van der Waals surface area contributed by atoms with E-state index in [9.17, 15) is 13.2 Å². The van der Waals surface area contributed by atoms with Crippen LogP contribution in [0.15, 0.2) is 41.3 Å². The zero-order valence-corrected chi connectivity index (χ0v) is 20.4. The monoisotopic (exact) mass is 470 g/mol. The molecule has 1 amide bonds. The van der Waals surface area contributed by atoms with Gasteiger partial charge in [0.1, 0.15) is 5.75 Å². The summed E-state index contributed by atoms with van der Waals surface area (Å²) in [4.78, 5) is 13.0. The van der Waals surface area contributed by atoms with Gasteiger partial charge < -0.3 is 10.1 Å². The van der Waals surface area contributed by atoms with Crippen LogP contribution in [-0.2, 0) is 34.1 Å². The molecule has 0 unspecified atom stereocenters. The number of nitrogens with zero attached hydrogens (tertiary/aromatic N) is 1. The van der Waals surface area contributed by atoms with E-state index in [1.165, 1.54) is 28.3 Å². The summed E-state index contributed by atoms with van der Waals surface area (Å²) in [7, 11) is -1.95. The Bertz CT molecular complexity index is 1110. The van der Waals surface area contributed by atoms with E-state index >= 15 is 0 Å². The van der Waals surface area contributed by atoms with E-state index in [4.69, 9.17) is 4.74 Å². The highest BCUT2D eigenvalue weighted by Gasteiger charge is 2.28. The Morgan fingerprint density at radius 1 is 1.03 bits per heavy atom. The van der Waals surface area contributed by atoms with Gasteiger partial charge in [-0.25, -0.2) is 8.42 Å². The Morgan fingerprint density at radius 3 is 2.48 bits per heavy atom. The molecule has 2 aliphatic rings. The van der Waals surface area contributed by atoms with Crippen molar-refractivity contribution in [1.82, 2.24) is 9.62 Å². The minimum absolute atomic E-state index is 0.0601. The van der Waals surface area contributed by atoms with Gasteiger partial charge in [0.2, 0.25) is 15.9 Å². The normalized spacial score (nSPS) is 17.4. The molecule has 7 heteroatoms. The van der Waals surface area contributed by atoms with Crippen molar-refractivity contribution in [1.29, 1.82) is 0 Å². The van der Waals surface area contributed by atoms with Crippen molar-refractivity contribution in [2.24, 2.45) is 0 Å². The molecular formula is C26H34N2O4S. The summed E-state index contributed by atoms with van der Waals surface area (Å²) >= 11 is 0. The van der Waals surface area contributed by atoms with Gasteiger partial charge in [0.15, 0.2) is 0 Å². The van der Waals surface area contributed by atoms with E-state index in [0.29, 0.717) is 25.3 Å². The second-order valence-electron chi connectivity index (χ2n) is 9.11. The van der Waals surface area contributed by atoms with Gasteiger partial charge in [-0.3, -0.25) is 4.79 Å². The Morgan fingerprint density at radius 2 is 1.76 bits per heavy atom. The van der Waals surface area contributed by atoms with E-state index in [-0.39, 0.29) is 23.3 Å². The summed E-state index contributed by atoms with van der Waals surface area (Å²) < 4.78 is 32.8. The molecule has 0 spiro atoms. The van der Waals surface area contributed by atoms with Crippen LogP contribution >= 0.6 is 0 Å². The fraction of sp³-hybridized carbons (Fsp3) is 0.500. The summed E-state index contributed by atoms with van der Waals surface area (Å²) in [5, 5.41) is 3.09. The van der Waals surface area contributed by atoms with E-state index < -0.39 is 10.0 Å². The molecule has 1 fully saturated rings. The minimum Gasteiger partial charge on any atom is -0.496 e. The molecule has 0 aromatic heterocycles. The first-order valence-corrected chi connectivity index (χ1v) is 13.4. The van der Waals surface area contributed by atoms with Crippen LogP contribution in [0.3, 0.4) is 0 Å². The molecule has 0 bridgehead atoms. The highest BCUT2D eigenvalue weighted by atomic mass is 32.2. The summed E-state index contributed by atoms with van der Waals surface area (Å²) in [5.41, 5.74) is 4.69. The highest BCUT2D eigenvalue weighted by Crippen LogP contribution is 2.28. The second kappa shape index (κ2) is 10.3. The maximum Gasteiger partial charge on any atom is 0.243 e. The average molecular weight is 471 g/mol. The lowest BCUT2D eigenvalue weighted by molar-refractivity contribution is -0.121. The Labute approximate surface area is 197 Å². The fourth-order valence-electron chi connectivity index (χ4n) is 4.86. The van der Waals surface area contributed by atoms with Crippen LogP contribution in [0.2, 0.25) is 0 Å². The molecule has 1 N–H and O–H groups in total. The molecule has 1 saturated heterocycles. The third-order valence-electron chi connectivity index (χ3n) is 6.83. The van der Waals surface area contributed by atoms with E-state index in [1.54, 1.807) is 25.3 Å². The number of hydrogen-bond donors (Lipinski definition) is 1. The number of hydrogen-bond acceptors (Lipinski definition) is 4. The van der Waals surface area contributed by atoms with Gasteiger partial charge in [-0.05, 0) is 92.3 Å². The summed E-state index contributed by atoms with van der Waals surface area (Å²) in [6.07, 6.45) is 7.20. The topological polar surface area (TPSA) is 75.7 Å². The maximum absolute atomic E-state index is 12.9. The smallest absolute Gasteiger partial charge is 0.243 e. The molecule has 1 atom stereocenters. The predicted molar refractivity (Wildman–Crippen MR) is 129 cm³/mol. The zero-order chi connectivity index (χ0) is 23.4. The third kappa shape index (κ3) is 5.41. The molecule has 178 valence electrons. The van der Waals surface area contributed by atoms with E-state index in [0.717, 1.165) is 36.8 Å². The molecule has 0 saturated carbocycles. The van der Waals surface area contributed by atoms with Crippen molar-refractivity contribution in [3.05, 3.63) is 58.7 Å². The lowest BCUT2D eigenvalue weighted by Gasteiger charge is -2.20. The van der Waals surface area contributed by atoms with Crippen molar-refractivity contribution < 1.29 is 17.9 Å². The molecule has 33 heavy (non-hydrogen) atoms. The number of nitrogens with one attached hydrogen (secondary N) is 1. The number of carbonyl (C=O) groups is 1. The molecule has 2 aromatic carbocycles. The van der Waals surface area contributed by atoms with Crippen LogP contribution in [0.5, 0.6) is 5.75 Å². The number of rotatable bonds is 8. The lowest BCUT2D eigenvalue weighted by Crippen LogP contribution is -2.28. The zero-order valence-electron chi connectivity index (χ0n) is 19.6. The van der Waals surface area contributed by atoms with Gasteiger partial charge >= 0.3 is 0 Å². The van der Waals surface area contributed by atoms with Crippen molar-refractivity contribution in [2.75, 3.05) is 20.2 Å². The summed E-state index contributed by atoms with van der Waals surface area (Å²) in [5.74, 6) is 0.543. The van der Waals surface area contributed by atoms with Crippen LogP contribution in [-0.4, -0.2) is 38.8 Å². The Kier molecular flexibility index (Phi) is 7.39.